The van der Waals surface area contributed by atoms with Crippen molar-refractivity contribution in [2.24, 2.45) is 0 Å². The van der Waals surface area contributed by atoms with Crippen LogP contribution < -0.4 is 0 Å². The van der Waals surface area contributed by atoms with Crippen LogP contribution in [0.1, 0.15) is 39.5 Å². The van der Waals surface area contributed by atoms with Crippen LogP contribution in [0.15, 0.2) is 0 Å². The zero-order valence-electron chi connectivity index (χ0n) is 10.1. The second kappa shape index (κ2) is 4.44. The van der Waals surface area contributed by atoms with E-state index in [1.54, 1.807) is 0 Å². The quantitative estimate of drug-likeness (QED) is 0.702. The van der Waals surface area contributed by atoms with Gasteiger partial charge in [0.2, 0.25) is 11.8 Å². The third-order valence-corrected chi connectivity index (χ3v) is 3.73. The molecule has 16 heavy (non-hydrogen) atoms. The van der Waals surface area contributed by atoms with Crippen molar-refractivity contribution < 1.29 is 9.59 Å². The van der Waals surface area contributed by atoms with Crippen molar-refractivity contribution in [2.75, 3.05) is 13.1 Å². The van der Waals surface area contributed by atoms with E-state index in [9.17, 15) is 9.59 Å². The maximum atomic E-state index is 11.8. The molecule has 0 saturated carbocycles. The van der Waals surface area contributed by atoms with Gasteiger partial charge in [-0.1, -0.05) is 13.8 Å². The summed E-state index contributed by atoms with van der Waals surface area (Å²) in [5, 5.41) is 0. The van der Waals surface area contributed by atoms with Crippen molar-refractivity contribution in [3.05, 3.63) is 0 Å². The number of hydrogen-bond donors (Lipinski definition) is 0. The fourth-order valence-electron chi connectivity index (χ4n) is 2.92. The molecule has 2 amide bonds. The molecule has 2 unspecified atom stereocenters. The van der Waals surface area contributed by atoms with Crippen molar-refractivity contribution >= 4 is 11.8 Å². The Morgan fingerprint density at radius 3 is 1.94 bits per heavy atom. The molecule has 2 aliphatic heterocycles. The fraction of sp³-hybridized carbons (Fsp3) is 0.833. The van der Waals surface area contributed by atoms with Crippen LogP contribution in [-0.2, 0) is 9.59 Å². The van der Waals surface area contributed by atoms with E-state index in [0.29, 0.717) is 12.8 Å². The lowest BCUT2D eigenvalue weighted by Gasteiger charge is -2.41. The fourth-order valence-corrected chi connectivity index (χ4v) is 2.92. The highest BCUT2D eigenvalue weighted by atomic mass is 16.2. The molecule has 2 fully saturated rings. The summed E-state index contributed by atoms with van der Waals surface area (Å²) < 4.78 is 0. The molecule has 2 bridgehead atoms. The molecule has 0 aromatic rings. The Morgan fingerprint density at radius 1 is 1.00 bits per heavy atom. The average Bonchev–Trinajstić information content (AvgIpc) is 2.57. The van der Waals surface area contributed by atoms with Gasteiger partial charge in [0, 0.05) is 38.0 Å². The molecule has 90 valence electrons. The molecule has 2 atom stereocenters. The van der Waals surface area contributed by atoms with Crippen molar-refractivity contribution in [3.8, 4) is 0 Å². The Bertz CT molecular complexity index is 289. The van der Waals surface area contributed by atoms with Crippen LogP contribution in [0.5, 0.6) is 0 Å². The molecule has 0 aromatic carbocycles. The lowest BCUT2D eigenvalue weighted by Crippen LogP contribution is -2.56. The van der Waals surface area contributed by atoms with E-state index < -0.39 is 0 Å². The molecule has 0 spiro atoms. The number of piperazine rings is 1. The number of rotatable bonds is 2. The standard InChI is InChI=1S/C12H20N2O2/c1-3-11(15)13-7-9-5-6-10(8-13)14(9)12(16)4-2/h9-10H,3-8H2,1-2H3. The molecule has 2 aliphatic rings. The molecule has 4 nitrogen and oxygen atoms in total. The summed E-state index contributed by atoms with van der Waals surface area (Å²) >= 11 is 0. The van der Waals surface area contributed by atoms with Gasteiger partial charge in [0.25, 0.3) is 0 Å². The molecule has 2 heterocycles. The summed E-state index contributed by atoms with van der Waals surface area (Å²) in [6, 6.07) is 0.559. The predicted octanol–water partition coefficient (Wildman–Crippen LogP) is 1.01. The smallest absolute Gasteiger partial charge is 0.222 e. The lowest BCUT2D eigenvalue weighted by molar-refractivity contribution is -0.143. The largest absolute Gasteiger partial charge is 0.339 e. The van der Waals surface area contributed by atoms with Crippen molar-refractivity contribution in [1.29, 1.82) is 0 Å². The Morgan fingerprint density at radius 2 is 1.50 bits per heavy atom. The third-order valence-electron chi connectivity index (χ3n) is 3.73. The molecule has 0 aromatic heterocycles. The zero-order chi connectivity index (χ0) is 11.7. The molecular formula is C12H20N2O2. The topological polar surface area (TPSA) is 40.6 Å². The Balaban J connectivity index is 2.06. The van der Waals surface area contributed by atoms with Crippen LogP contribution >= 0.6 is 0 Å². The lowest BCUT2D eigenvalue weighted by atomic mass is 10.1. The minimum absolute atomic E-state index is 0.223. The number of nitrogens with zero attached hydrogens (tertiary/aromatic N) is 2. The summed E-state index contributed by atoms with van der Waals surface area (Å²) in [6.07, 6.45) is 3.27. The number of fused-ring (bicyclic) bond motifs is 2. The van der Waals surface area contributed by atoms with E-state index in [0.717, 1.165) is 25.9 Å². The Kier molecular flexibility index (Phi) is 3.17. The van der Waals surface area contributed by atoms with E-state index >= 15 is 0 Å². The molecule has 0 N–H and O–H groups in total. The van der Waals surface area contributed by atoms with Crippen molar-refractivity contribution in [2.45, 2.75) is 51.6 Å². The van der Waals surface area contributed by atoms with Gasteiger partial charge < -0.3 is 9.80 Å². The van der Waals surface area contributed by atoms with Crippen LogP contribution in [-0.4, -0.2) is 46.8 Å². The maximum Gasteiger partial charge on any atom is 0.222 e. The number of hydrogen-bond acceptors (Lipinski definition) is 2. The molecule has 0 radical (unpaired) electrons. The normalized spacial score (nSPS) is 28.4. The second-order valence-corrected chi connectivity index (χ2v) is 4.69. The molecule has 2 rings (SSSR count). The highest BCUT2D eigenvalue weighted by Crippen LogP contribution is 2.30. The van der Waals surface area contributed by atoms with Crippen molar-refractivity contribution in [1.82, 2.24) is 9.80 Å². The summed E-state index contributed by atoms with van der Waals surface area (Å²) in [6.45, 7) is 5.29. The van der Waals surface area contributed by atoms with Gasteiger partial charge in [0.15, 0.2) is 0 Å². The highest BCUT2D eigenvalue weighted by Gasteiger charge is 2.42. The maximum absolute atomic E-state index is 11.8. The summed E-state index contributed by atoms with van der Waals surface area (Å²) in [5.74, 6) is 0.469. The van der Waals surface area contributed by atoms with Crippen LogP contribution in [0.4, 0.5) is 0 Å². The first-order valence-corrected chi connectivity index (χ1v) is 6.26. The van der Waals surface area contributed by atoms with E-state index in [-0.39, 0.29) is 23.9 Å². The molecule has 2 saturated heterocycles. The first kappa shape index (κ1) is 11.4. The zero-order valence-corrected chi connectivity index (χ0v) is 10.1. The monoisotopic (exact) mass is 224 g/mol. The SMILES string of the molecule is CCC(=O)N1CC2CCC(C1)N2C(=O)CC. The van der Waals surface area contributed by atoms with E-state index in [1.807, 2.05) is 23.6 Å². The van der Waals surface area contributed by atoms with Gasteiger partial charge in [-0.25, -0.2) is 0 Å². The molecule has 4 heteroatoms. The number of likely N-dealkylation sites (tertiary alicyclic amines) is 1. The van der Waals surface area contributed by atoms with Gasteiger partial charge in [0.1, 0.15) is 0 Å². The summed E-state index contributed by atoms with van der Waals surface area (Å²) in [7, 11) is 0. The number of carbonyl (C=O) groups is 2. The summed E-state index contributed by atoms with van der Waals surface area (Å²) in [5.41, 5.74) is 0. The average molecular weight is 224 g/mol. The van der Waals surface area contributed by atoms with Gasteiger partial charge in [-0.15, -0.1) is 0 Å². The van der Waals surface area contributed by atoms with Gasteiger partial charge in [-0.2, -0.15) is 0 Å². The van der Waals surface area contributed by atoms with E-state index in [1.165, 1.54) is 0 Å². The van der Waals surface area contributed by atoms with Crippen LogP contribution in [0.2, 0.25) is 0 Å². The van der Waals surface area contributed by atoms with Gasteiger partial charge in [-0.3, -0.25) is 9.59 Å². The number of amides is 2. The number of carbonyl (C=O) groups excluding carboxylic acids is 2. The minimum Gasteiger partial charge on any atom is -0.339 e. The molecular weight excluding hydrogens is 204 g/mol. The van der Waals surface area contributed by atoms with Gasteiger partial charge in [-0.05, 0) is 12.8 Å². The predicted molar refractivity (Wildman–Crippen MR) is 60.8 cm³/mol. The first-order valence-electron chi connectivity index (χ1n) is 6.26. The first-order chi connectivity index (χ1) is 7.67. The van der Waals surface area contributed by atoms with Gasteiger partial charge in [0.05, 0.1) is 0 Å². The summed E-state index contributed by atoms with van der Waals surface area (Å²) in [4.78, 5) is 27.4. The van der Waals surface area contributed by atoms with Crippen molar-refractivity contribution in [3.63, 3.8) is 0 Å². The van der Waals surface area contributed by atoms with Gasteiger partial charge >= 0.3 is 0 Å². The van der Waals surface area contributed by atoms with Crippen LogP contribution in [0.3, 0.4) is 0 Å². The minimum atomic E-state index is 0.223. The molecule has 0 aliphatic carbocycles. The van der Waals surface area contributed by atoms with Crippen LogP contribution in [0.25, 0.3) is 0 Å². The Labute approximate surface area is 96.6 Å². The van der Waals surface area contributed by atoms with E-state index in [2.05, 4.69) is 0 Å². The van der Waals surface area contributed by atoms with Crippen LogP contribution in [0, 0.1) is 0 Å². The Hall–Kier alpha value is -1.06. The second-order valence-electron chi connectivity index (χ2n) is 4.69. The third kappa shape index (κ3) is 1.81. The van der Waals surface area contributed by atoms with E-state index in [4.69, 9.17) is 0 Å². The highest BCUT2D eigenvalue weighted by molar-refractivity contribution is 5.79.